The van der Waals surface area contributed by atoms with Crippen molar-refractivity contribution < 1.29 is 4.79 Å². The summed E-state index contributed by atoms with van der Waals surface area (Å²) in [5.74, 6) is 2.79. The fourth-order valence-electron chi connectivity index (χ4n) is 2.23. The molecule has 0 fully saturated rings. The molecule has 0 saturated heterocycles. The lowest BCUT2D eigenvalue weighted by Crippen LogP contribution is -1.97. The van der Waals surface area contributed by atoms with Crippen LogP contribution in [0.3, 0.4) is 0 Å². The van der Waals surface area contributed by atoms with Gasteiger partial charge >= 0.3 is 0 Å². The molecule has 0 aliphatic carbocycles. The van der Waals surface area contributed by atoms with E-state index in [1.807, 2.05) is 5.94 Å². The Balaban J connectivity index is 3.21. The van der Waals surface area contributed by atoms with E-state index in [-0.39, 0.29) is 0 Å². The van der Waals surface area contributed by atoms with Crippen LogP contribution in [0, 0.1) is 5.92 Å². The van der Waals surface area contributed by atoms with Crippen molar-refractivity contribution in [3.8, 4) is 0 Å². The first-order valence-corrected chi connectivity index (χ1v) is 7.04. The lowest BCUT2D eigenvalue weighted by atomic mass is 9.94. The zero-order chi connectivity index (χ0) is 12.1. The predicted octanol–water partition coefficient (Wildman–Crippen LogP) is 4.93. The third kappa shape index (κ3) is 9.98. The van der Waals surface area contributed by atoms with E-state index in [2.05, 4.69) is 13.8 Å². The fraction of sp³-hybridized carbons (Fsp3) is 0.867. The van der Waals surface area contributed by atoms with Gasteiger partial charge in [-0.2, -0.15) is 0 Å². The van der Waals surface area contributed by atoms with Crippen molar-refractivity contribution in [1.29, 1.82) is 0 Å². The topological polar surface area (TPSA) is 17.1 Å². The second kappa shape index (κ2) is 12.5. The first-order chi connectivity index (χ1) is 7.85. The van der Waals surface area contributed by atoms with Gasteiger partial charge in [0, 0.05) is 0 Å². The number of rotatable bonds is 11. The summed E-state index contributed by atoms with van der Waals surface area (Å²) in [7, 11) is 0. The maximum atomic E-state index is 9.93. The van der Waals surface area contributed by atoms with Gasteiger partial charge in [-0.25, -0.2) is 4.79 Å². The molecule has 0 N–H and O–H groups in total. The molecule has 0 amide bonds. The summed E-state index contributed by atoms with van der Waals surface area (Å²) in [6, 6.07) is 0. The molecule has 0 saturated carbocycles. The summed E-state index contributed by atoms with van der Waals surface area (Å²) in [6.45, 7) is 4.59. The van der Waals surface area contributed by atoms with Gasteiger partial charge in [0.15, 0.2) is 0 Å². The summed E-state index contributed by atoms with van der Waals surface area (Å²) in [5, 5.41) is 0. The number of hydrogen-bond donors (Lipinski definition) is 0. The smallest absolute Gasteiger partial charge is 0.120 e. The Morgan fingerprint density at radius 1 is 1.00 bits per heavy atom. The SMILES string of the molecule is CCCC(CC)CCCCCCCC=C=O. The third-order valence-corrected chi connectivity index (χ3v) is 3.32. The number of carbonyl (C=O) groups excluding carboxylic acids is 1. The van der Waals surface area contributed by atoms with Gasteiger partial charge in [-0.3, -0.25) is 0 Å². The normalized spacial score (nSPS) is 12.1. The highest BCUT2D eigenvalue weighted by molar-refractivity contribution is 5.44. The van der Waals surface area contributed by atoms with E-state index in [0.717, 1.165) is 18.8 Å². The first-order valence-electron chi connectivity index (χ1n) is 7.04. The molecule has 0 aromatic heterocycles. The Kier molecular flexibility index (Phi) is 12.1. The molecule has 1 unspecified atom stereocenters. The van der Waals surface area contributed by atoms with E-state index in [4.69, 9.17) is 0 Å². The maximum Gasteiger partial charge on any atom is 0.120 e. The van der Waals surface area contributed by atoms with Gasteiger partial charge in [0.05, 0.1) is 0 Å². The number of unbranched alkanes of at least 4 members (excludes halogenated alkanes) is 5. The van der Waals surface area contributed by atoms with E-state index >= 15 is 0 Å². The van der Waals surface area contributed by atoms with Gasteiger partial charge in [-0.15, -0.1) is 0 Å². The van der Waals surface area contributed by atoms with Gasteiger partial charge < -0.3 is 0 Å². The van der Waals surface area contributed by atoms with Crippen molar-refractivity contribution in [3.05, 3.63) is 6.08 Å². The number of hydrogen-bond acceptors (Lipinski definition) is 1. The molecular weight excluding hydrogens is 196 g/mol. The van der Waals surface area contributed by atoms with E-state index in [1.165, 1.54) is 51.4 Å². The number of allylic oxidation sites excluding steroid dienone is 1. The Bertz CT molecular complexity index is 180. The van der Waals surface area contributed by atoms with Gasteiger partial charge in [0.2, 0.25) is 0 Å². The van der Waals surface area contributed by atoms with Crippen LogP contribution in [-0.2, 0) is 4.79 Å². The summed E-state index contributed by atoms with van der Waals surface area (Å²) >= 11 is 0. The fourth-order valence-corrected chi connectivity index (χ4v) is 2.23. The van der Waals surface area contributed by atoms with E-state index in [0.29, 0.717) is 0 Å². The summed E-state index contributed by atoms with van der Waals surface area (Å²) in [4.78, 5) is 9.93. The molecule has 0 aliphatic heterocycles. The monoisotopic (exact) mass is 224 g/mol. The molecule has 94 valence electrons. The summed E-state index contributed by atoms with van der Waals surface area (Å²) in [6.07, 6.45) is 14.5. The molecule has 16 heavy (non-hydrogen) atoms. The molecule has 1 heteroatoms. The van der Waals surface area contributed by atoms with Crippen molar-refractivity contribution in [2.75, 3.05) is 0 Å². The van der Waals surface area contributed by atoms with Crippen LogP contribution in [0.2, 0.25) is 0 Å². The van der Waals surface area contributed by atoms with Crippen LogP contribution >= 0.6 is 0 Å². The molecule has 1 nitrogen and oxygen atoms in total. The molecule has 0 bridgehead atoms. The van der Waals surface area contributed by atoms with Gasteiger partial charge in [0.1, 0.15) is 5.94 Å². The minimum Gasteiger partial charge on any atom is -0.234 e. The molecule has 1 atom stereocenters. The predicted molar refractivity (Wildman–Crippen MR) is 71.3 cm³/mol. The third-order valence-electron chi connectivity index (χ3n) is 3.32. The van der Waals surface area contributed by atoms with E-state index < -0.39 is 0 Å². The van der Waals surface area contributed by atoms with E-state index in [9.17, 15) is 4.79 Å². The van der Waals surface area contributed by atoms with Crippen LogP contribution in [0.25, 0.3) is 0 Å². The molecule has 0 aliphatic rings. The Labute approximate surface area is 101 Å². The minimum atomic E-state index is 0.914. The Morgan fingerprint density at radius 3 is 2.31 bits per heavy atom. The van der Waals surface area contributed by atoms with Crippen LogP contribution in [0.5, 0.6) is 0 Å². The average molecular weight is 224 g/mol. The summed E-state index contributed by atoms with van der Waals surface area (Å²) < 4.78 is 0. The van der Waals surface area contributed by atoms with Gasteiger partial charge in [-0.1, -0.05) is 65.2 Å². The standard InChI is InChI=1S/C15H28O/c1-3-12-15(4-2)13-10-8-6-5-7-9-11-14-16/h11,15H,3-10,12-13H2,1-2H3. The minimum absolute atomic E-state index is 0.914. The van der Waals surface area contributed by atoms with Crippen LogP contribution in [0.4, 0.5) is 0 Å². The molecule has 0 heterocycles. The highest BCUT2D eigenvalue weighted by Gasteiger charge is 2.03. The molecule has 0 aromatic carbocycles. The molecule has 0 radical (unpaired) electrons. The van der Waals surface area contributed by atoms with E-state index in [1.54, 1.807) is 6.08 Å². The van der Waals surface area contributed by atoms with Crippen molar-refractivity contribution in [3.63, 3.8) is 0 Å². The first kappa shape index (κ1) is 15.4. The quantitative estimate of drug-likeness (QED) is 0.359. The van der Waals surface area contributed by atoms with Crippen LogP contribution in [0.15, 0.2) is 6.08 Å². The molecular formula is C15H28O. The van der Waals surface area contributed by atoms with Crippen LogP contribution in [-0.4, -0.2) is 5.94 Å². The van der Waals surface area contributed by atoms with Crippen LogP contribution in [0.1, 0.15) is 78.1 Å². The zero-order valence-corrected chi connectivity index (χ0v) is 11.1. The van der Waals surface area contributed by atoms with Crippen LogP contribution < -0.4 is 0 Å². The molecule has 0 aromatic rings. The van der Waals surface area contributed by atoms with Gasteiger partial charge in [0.25, 0.3) is 0 Å². The molecule has 0 rings (SSSR count). The largest absolute Gasteiger partial charge is 0.234 e. The lowest BCUT2D eigenvalue weighted by molar-refractivity contribution is 0.408. The average Bonchev–Trinajstić information content (AvgIpc) is 2.31. The zero-order valence-electron chi connectivity index (χ0n) is 11.1. The second-order valence-electron chi connectivity index (χ2n) is 4.73. The van der Waals surface area contributed by atoms with Crippen molar-refractivity contribution in [1.82, 2.24) is 0 Å². The molecule has 0 spiro atoms. The van der Waals surface area contributed by atoms with Crippen molar-refractivity contribution >= 4 is 5.94 Å². The van der Waals surface area contributed by atoms with Gasteiger partial charge in [-0.05, 0) is 24.8 Å². The maximum absolute atomic E-state index is 9.93. The second-order valence-corrected chi connectivity index (χ2v) is 4.73. The summed E-state index contributed by atoms with van der Waals surface area (Å²) in [5.41, 5.74) is 0. The highest BCUT2D eigenvalue weighted by atomic mass is 16.1. The van der Waals surface area contributed by atoms with Crippen molar-refractivity contribution in [2.45, 2.75) is 78.1 Å². The van der Waals surface area contributed by atoms with Crippen molar-refractivity contribution in [2.24, 2.45) is 5.92 Å². The Morgan fingerprint density at radius 2 is 1.69 bits per heavy atom. The highest BCUT2D eigenvalue weighted by Crippen LogP contribution is 2.19. The Hall–Kier alpha value is -0.550. The lowest BCUT2D eigenvalue weighted by Gasteiger charge is -2.12.